The summed E-state index contributed by atoms with van der Waals surface area (Å²) in [6, 6.07) is 0. The van der Waals surface area contributed by atoms with Gasteiger partial charge in [-0.25, -0.2) is 0 Å². The average Bonchev–Trinajstić information content (AvgIpc) is 3.37. The molecule has 0 aromatic carbocycles. The van der Waals surface area contributed by atoms with E-state index in [1.807, 2.05) is 6.08 Å². The Labute approximate surface area is 438 Å². The molecular weight excluding hydrogens is 877 g/mol. The molecule has 0 aliphatic heterocycles. The molecule has 0 N–H and O–H groups in total. The van der Waals surface area contributed by atoms with Crippen LogP contribution in [0.25, 0.3) is 0 Å². The molecule has 0 heterocycles. The second kappa shape index (κ2) is 58.9. The summed E-state index contributed by atoms with van der Waals surface area (Å²) in [4.78, 5) is 38.2. The van der Waals surface area contributed by atoms with E-state index in [0.29, 0.717) is 19.3 Å². The number of carbonyl (C=O) groups excluding carboxylic acids is 3. The molecule has 0 bridgehead atoms. The molecule has 0 saturated carbocycles. The van der Waals surface area contributed by atoms with Gasteiger partial charge < -0.3 is 14.2 Å². The van der Waals surface area contributed by atoms with Crippen molar-refractivity contribution in [2.75, 3.05) is 13.2 Å². The van der Waals surface area contributed by atoms with Crippen molar-refractivity contribution in [2.45, 2.75) is 284 Å². The van der Waals surface area contributed by atoms with Crippen molar-refractivity contribution >= 4 is 17.9 Å². The summed E-state index contributed by atoms with van der Waals surface area (Å²) >= 11 is 0. The minimum absolute atomic E-state index is 0.102. The fourth-order valence-corrected chi connectivity index (χ4v) is 8.21. The Bertz CT molecular complexity index is 1410. The zero-order chi connectivity index (χ0) is 51.4. The first kappa shape index (κ1) is 67.3. The van der Waals surface area contributed by atoms with Gasteiger partial charge in [0.1, 0.15) is 13.2 Å². The SMILES string of the molecule is CC/C=C\C/C=C\C/C=C\C/C=C\C/C=C\CCC(=O)OCC(COC(=O)CCCCCCCCCCC/C=C\C/C=C\C/C=C\CC)OC(=O)CCCCCCCCCCCCCCCCCCCC. The Morgan fingerprint density at radius 3 is 0.944 bits per heavy atom. The maximum Gasteiger partial charge on any atom is 0.306 e. The molecule has 0 spiro atoms. The van der Waals surface area contributed by atoms with Crippen LogP contribution >= 0.6 is 0 Å². The van der Waals surface area contributed by atoms with Crippen LogP contribution in [0.15, 0.2) is 97.2 Å². The van der Waals surface area contributed by atoms with Gasteiger partial charge >= 0.3 is 17.9 Å². The van der Waals surface area contributed by atoms with Crippen LogP contribution in [0.3, 0.4) is 0 Å². The molecule has 0 saturated heterocycles. The van der Waals surface area contributed by atoms with Crippen molar-refractivity contribution in [2.24, 2.45) is 0 Å². The average molecular weight is 988 g/mol. The Hall–Kier alpha value is -3.67. The molecule has 0 fully saturated rings. The molecule has 0 aliphatic carbocycles. The maximum absolute atomic E-state index is 12.9. The van der Waals surface area contributed by atoms with E-state index in [0.717, 1.165) is 89.9 Å². The molecule has 0 aromatic rings. The standard InChI is InChI=1S/C65H110O6/c1-4-7-10-13-16-19-22-25-28-31-33-35-37-40-43-46-49-52-55-58-64(67)70-61-62(60-69-63(66)57-54-51-48-45-42-39-36-30-27-24-21-18-15-12-9-6-3)71-65(68)59-56-53-50-47-44-41-38-34-32-29-26-23-20-17-14-11-8-5-2/h7,9-10,12,16,18-19,21,25,27-28,30,39,42,48,51,62H,4-6,8,11,13-15,17,20,22-24,26,29,31-38,40-41,43-47,49-50,52-61H2,1-3H3/b10-7-,12-9-,19-16-,21-18-,28-25-,30-27-,42-39-,51-48-. The normalized spacial score (nSPS) is 12.8. The monoisotopic (exact) mass is 987 g/mol. The van der Waals surface area contributed by atoms with E-state index in [2.05, 4.69) is 112 Å². The van der Waals surface area contributed by atoms with Crippen LogP contribution in [-0.4, -0.2) is 37.2 Å². The number of allylic oxidation sites excluding steroid dienone is 16. The van der Waals surface area contributed by atoms with Crippen LogP contribution in [0.4, 0.5) is 0 Å². The van der Waals surface area contributed by atoms with E-state index in [-0.39, 0.29) is 37.5 Å². The lowest BCUT2D eigenvalue weighted by molar-refractivity contribution is -0.166. The summed E-state index contributed by atoms with van der Waals surface area (Å²) in [7, 11) is 0. The highest BCUT2D eigenvalue weighted by Crippen LogP contribution is 2.16. The molecule has 0 radical (unpaired) electrons. The molecule has 0 aromatic heterocycles. The number of rotatable bonds is 53. The fraction of sp³-hybridized carbons (Fsp3) is 0.708. The zero-order valence-corrected chi connectivity index (χ0v) is 46.5. The van der Waals surface area contributed by atoms with E-state index in [4.69, 9.17) is 14.2 Å². The number of hydrogen-bond donors (Lipinski definition) is 0. The largest absolute Gasteiger partial charge is 0.462 e. The lowest BCUT2D eigenvalue weighted by Gasteiger charge is -2.18. The summed E-state index contributed by atoms with van der Waals surface area (Å²) < 4.78 is 16.8. The van der Waals surface area contributed by atoms with Crippen molar-refractivity contribution in [3.8, 4) is 0 Å². The van der Waals surface area contributed by atoms with Gasteiger partial charge in [-0.2, -0.15) is 0 Å². The number of unbranched alkanes of at least 4 members (excludes halogenated alkanes) is 26. The Balaban J connectivity index is 4.45. The third-order valence-corrected chi connectivity index (χ3v) is 12.6. The number of esters is 3. The van der Waals surface area contributed by atoms with Crippen molar-refractivity contribution < 1.29 is 28.6 Å². The third-order valence-electron chi connectivity index (χ3n) is 12.6. The van der Waals surface area contributed by atoms with E-state index in [9.17, 15) is 14.4 Å². The highest BCUT2D eigenvalue weighted by atomic mass is 16.6. The smallest absolute Gasteiger partial charge is 0.306 e. The van der Waals surface area contributed by atoms with Crippen LogP contribution < -0.4 is 0 Å². The molecule has 6 nitrogen and oxygen atoms in total. The van der Waals surface area contributed by atoms with Crippen molar-refractivity contribution in [3.05, 3.63) is 97.2 Å². The highest BCUT2D eigenvalue weighted by molar-refractivity contribution is 5.71. The molecule has 0 amide bonds. The van der Waals surface area contributed by atoms with Gasteiger partial charge in [-0.3, -0.25) is 14.4 Å². The van der Waals surface area contributed by atoms with Crippen LogP contribution in [0.1, 0.15) is 278 Å². The quantitative estimate of drug-likeness (QED) is 0.0261. The Morgan fingerprint density at radius 2 is 0.577 bits per heavy atom. The van der Waals surface area contributed by atoms with Gasteiger partial charge in [0.25, 0.3) is 0 Å². The predicted octanol–water partition coefficient (Wildman–Crippen LogP) is 20.1. The van der Waals surface area contributed by atoms with Gasteiger partial charge in [-0.05, 0) is 83.5 Å². The molecule has 0 aliphatic rings. The summed E-state index contributed by atoms with van der Waals surface area (Å²) in [6.07, 6.45) is 78.4. The van der Waals surface area contributed by atoms with Crippen LogP contribution in [0, 0.1) is 0 Å². The minimum atomic E-state index is -0.809. The van der Waals surface area contributed by atoms with E-state index in [1.54, 1.807) is 0 Å². The first-order valence-electron chi connectivity index (χ1n) is 29.7. The molecule has 6 heteroatoms. The number of hydrogen-bond acceptors (Lipinski definition) is 6. The molecule has 406 valence electrons. The first-order chi connectivity index (χ1) is 35.0. The predicted molar refractivity (Wildman–Crippen MR) is 307 cm³/mol. The van der Waals surface area contributed by atoms with Crippen LogP contribution in [0.2, 0.25) is 0 Å². The third kappa shape index (κ3) is 57.1. The fourth-order valence-electron chi connectivity index (χ4n) is 8.21. The van der Waals surface area contributed by atoms with Crippen LogP contribution in [0.5, 0.6) is 0 Å². The Kier molecular flexibility index (Phi) is 55.9. The van der Waals surface area contributed by atoms with Crippen LogP contribution in [-0.2, 0) is 28.6 Å². The van der Waals surface area contributed by atoms with Crippen molar-refractivity contribution in [3.63, 3.8) is 0 Å². The summed E-state index contributed by atoms with van der Waals surface area (Å²) in [6.45, 7) is 6.37. The van der Waals surface area contributed by atoms with Crippen molar-refractivity contribution in [1.82, 2.24) is 0 Å². The van der Waals surface area contributed by atoms with E-state index in [1.165, 1.54) is 141 Å². The minimum Gasteiger partial charge on any atom is -0.462 e. The molecule has 1 atom stereocenters. The second-order valence-electron chi connectivity index (χ2n) is 19.5. The van der Waals surface area contributed by atoms with Gasteiger partial charge in [-0.1, -0.05) is 272 Å². The second-order valence-corrected chi connectivity index (χ2v) is 19.5. The van der Waals surface area contributed by atoms with Gasteiger partial charge in [0, 0.05) is 19.3 Å². The van der Waals surface area contributed by atoms with E-state index < -0.39 is 6.10 Å². The zero-order valence-electron chi connectivity index (χ0n) is 46.5. The van der Waals surface area contributed by atoms with Gasteiger partial charge in [-0.15, -0.1) is 0 Å². The number of ether oxygens (including phenoxy) is 3. The van der Waals surface area contributed by atoms with Gasteiger partial charge in [0.2, 0.25) is 0 Å². The number of carbonyl (C=O) groups is 3. The van der Waals surface area contributed by atoms with Crippen molar-refractivity contribution in [1.29, 1.82) is 0 Å². The summed E-state index contributed by atoms with van der Waals surface area (Å²) in [5, 5.41) is 0. The molecular formula is C65H110O6. The summed E-state index contributed by atoms with van der Waals surface area (Å²) in [5.74, 6) is -0.985. The molecule has 1 unspecified atom stereocenters. The maximum atomic E-state index is 12.9. The summed E-state index contributed by atoms with van der Waals surface area (Å²) in [5.41, 5.74) is 0. The Morgan fingerprint density at radius 1 is 0.296 bits per heavy atom. The molecule has 71 heavy (non-hydrogen) atoms. The van der Waals surface area contributed by atoms with Gasteiger partial charge in [0.05, 0.1) is 0 Å². The van der Waals surface area contributed by atoms with Gasteiger partial charge in [0.15, 0.2) is 6.10 Å². The topological polar surface area (TPSA) is 78.9 Å². The highest BCUT2D eigenvalue weighted by Gasteiger charge is 2.19. The van der Waals surface area contributed by atoms with E-state index >= 15 is 0 Å². The first-order valence-corrected chi connectivity index (χ1v) is 29.7. The molecule has 0 rings (SSSR count). The lowest BCUT2D eigenvalue weighted by Crippen LogP contribution is -2.30. The lowest BCUT2D eigenvalue weighted by atomic mass is 10.0.